The quantitative estimate of drug-likeness (QED) is 0.659. The number of amides is 4. The zero-order chi connectivity index (χ0) is 24.1. The Labute approximate surface area is 199 Å². The van der Waals surface area contributed by atoms with E-state index in [0.29, 0.717) is 12.0 Å². The molecule has 3 fully saturated rings. The molecule has 0 unspecified atom stereocenters. The molecule has 0 spiro atoms. The van der Waals surface area contributed by atoms with Gasteiger partial charge in [-0.05, 0) is 42.5 Å². The molecule has 2 heterocycles. The Morgan fingerprint density at radius 3 is 2.47 bits per heavy atom. The van der Waals surface area contributed by atoms with Gasteiger partial charge in [0.05, 0.1) is 11.5 Å². The van der Waals surface area contributed by atoms with Gasteiger partial charge in [0.15, 0.2) is 9.84 Å². The summed E-state index contributed by atoms with van der Waals surface area (Å²) in [5.41, 5.74) is -0.624. The second kappa shape index (κ2) is 8.37. The van der Waals surface area contributed by atoms with Gasteiger partial charge in [0, 0.05) is 12.1 Å². The molecule has 5 rings (SSSR count). The number of sulfone groups is 1. The molecule has 2 saturated heterocycles. The zero-order valence-corrected chi connectivity index (χ0v) is 20.0. The highest BCUT2D eigenvalue weighted by Gasteiger charge is 2.51. The normalized spacial score (nSPS) is 26.9. The molecule has 0 aromatic heterocycles. The van der Waals surface area contributed by atoms with Crippen LogP contribution in [0.4, 0.5) is 4.79 Å². The highest BCUT2D eigenvalue weighted by molar-refractivity contribution is 7.91. The Morgan fingerprint density at radius 1 is 1.06 bits per heavy atom. The van der Waals surface area contributed by atoms with Gasteiger partial charge in [0.2, 0.25) is 5.91 Å². The predicted octanol–water partition coefficient (Wildman–Crippen LogP) is 2.57. The van der Waals surface area contributed by atoms with Gasteiger partial charge in [-0.15, -0.1) is 0 Å². The van der Waals surface area contributed by atoms with Gasteiger partial charge in [0.25, 0.3) is 5.91 Å². The molecule has 8 nitrogen and oxygen atoms in total. The maximum absolute atomic E-state index is 13.6. The number of carbonyl (C=O) groups is 3. The lowest BCUT2D eigenvalue weighted by Crippen LogP contribution is -2.51. The van der Waals surface area contributed by atoms with E-state index in [9.17, 15) is 22.8 Å². The van der Waals surface area contributed by atoms with Crippen molar-refractivity contribution in [2.75, 3.05) is 18.1 Å². The molecule has 2 aromatic rings. The fourth-order valence-corrected chi connectivity index (χ4v) is 7.50. The van der Waals surface area contributed by atoms with Gasteiger partial charge in [-0.2, -0.15) is 0 Å². The van der Waals surface area contributed by atoms with E-state index in [1.165, 1.54) is 0 Å². The predicted molar refractivity (Wildman–Crippen MR) is 128 cm³/mol. The van der Waals surface area contributed by atoms with Crippen LogP contribution in [-0.4, -0.2) is 66.2 Å². The number of nitrogens with zero attached hydrogens (tertiary/aromatic N) is 2. The largest absolute Gasteiger partial charge is 0.334 e. The lowest BCUT2D eigenvalue weighted by molar-refractivity contribution is -0.141. The topological polar surface area (TPSA) is 104 Å². The molecule has 1 saturated carbocycles. The van der Waals surface area contributed by atoms with Crippen molar-refractivity contribution in [1.82, 2.24) is 15.1 Å². The smallest absolute Gasteiger partial charge is 0.325 e. The number of hydrogen-bond acceptors (Lipinski definition) is 5. The highest BCUT2D eigenvalue weighted by Crippen LogP contribution is 2.35. The fourth-order valence-electron chi connectivity index (χ4n) is 5.78. The molecule has 180 valence electrons. The van der Waals surface area contributed by atoms with Gasteiger partial charge in [-0.3, -0.25) is 14.5 Å². The Morgan fingerprint density at radius 2 is 1.76 bits per heavy atom. The van der Waals surface area contributed by atoms with Crippen LogP contribution >= 0.6 is 0 Å². The molecule has 1 aliphatic carbocycles. The zero-order valence-electron chi connectivity index (χ0n) is 19.2. The number of rotatable bonds is 5. The second-order valence-electron chi connectivity index (χ2n) is 9.77. The summed E-state index contributed by atoms with van der Waals surface area (Å²) in [6.07, 6.45) is 4.00. The fraction of sp³-hybridized carbons (Fsp3) is 0.480. The molecule has 2 aromatic carbocycles. The lowest BCUT2D eigenvalue weighted by Gasteiger charge is -2.35. The molecule has 34 heavy (non-hydrogen) atoms. The molecular weight excluding hydrogens is 454 g/mol. The number of nitrogens with one attached hydrogen (secondary N) is 1. The number of urea groups is 1. The first-order chi connectivity index (χ1) is 16.2. The van der Waals surface area contributed by atoms with E-state index in [2.05, 4.69) is 5.32 Å². The molecule has 0 radical (unpaired) electrons. The van der Waals surface area contributed by atoms with E-state index in [4.69, 9.17) is 0 Å². The third-order valence-electron chi connectivity index (χ3n) is 7.50. The van der Waals surface area contributed by atoms with Gasteiger partial charge >= 0.3 is 6.03 Å². The van der Waals surface area contributed by atoms with E-state index < -0.39 is 39.9 Å². The number of carbonyl (C=O) groups excluding carboxylic acids is 3. The lowest BCUT2D eigenvalue weighted by atomic mass is 9.88. The number of benzene rings is 2. The molecule has 9 heteroatoms. The second-order valence-corrected chi connectivity index (χ2v) is 12.0. The average molecular weight is 484 g/mol. The summed E-state index contributed by atoms with van der Waals surface area (Å²) in [5.74, 6) is -0.827. The van der Waals surface area contributed by atoms with E-state index in [1.54, 1.807) is 11.8 Å². The van der Waals surface area contributed by atoms with E-state index in [0.717, 1.165) is 41.4 Å². The minimum Gasteiger partial charge on any atom is -0.334 e. The van der Waals surface area contributed by atoms with Crippen molar-refractivity contribution in [2.45, 2.75) is 56.7 Å². The summed E-state index contributed by atoms with van der Waals surface area (Å²) in [5, 5.41) is 4.62. The minimum absolute atomic E-state index is 0.0454. The average Bonchev–Trinajstić information content (AvgIpc) is 3.50. The van der Waals surface area contributed by atoms with Crippen LogP contribution in [0, 0.1) is 0 Å². The number of fused-ring (bicyclic) bond motifs is 1. The third kappa shape index (κ3) is 3.85. The third-order valence-corrected chi connectivity index (χ3v) is 9.25. The first-order valence-corrected chi connectivity index (χ1v) is 13.7. The van der Waals surface area contributed by atoms with Crippen LogP contribution < -0.4 is 5.32 Å². The van der Waals surface area contributed by atoms with Gasteiger partial charge in [-0.1, -0.05) is 55.3 Å². The molecule has 2 atom stereocenters. The molecule has 0 bridgehead atoms. The maximum atomic E-state index is 13.6. The Kier molecular flexibility index (Phi) is 5.62. The summed E-state index contributed by atoms with van der Waals surface area (Å²) >= 11 is 0. The Balaban J connectivity index is 1.42. The maximum Gasteiger partial charge on any atom is 0.325 e. The van der Waals surface area contributed by atoms with Crippen molar-refractivity contribution in [3.8, 4) is 0 Å². The number of hydrogen-bond donors (Lipinski definition) is 1. The van der Waals surface area contributed by atoms with Gasteiger partial charge in [-0.25, -0.2) is 13.2 Å². The van der Waals surface area contributed by atoms with Crippen LogP contribution in [0.1, 0.15) is 44.6 Å². The monoisotopic (exact) mass is 483 g/mol. The molecular formula is C25H29N3O5S. The summed E-state index contributed by atoms with van der Waals surface area (Å²) in [4.78, 5) is 42.6. The molecule has 1 N–H and O–H groups in total. The van der Waals surface area contributed by atoms with Crippen molar-refractivity contribution >= 4 is 38.5 Å². The van der Waals surface area contributed by atoms with Crippen molar-refractivity contribution in [3.63, 3.8) is 0 Å². The number of imide groups is 1. The Bertz CT molecular complexity index is 1270. The first kappa shape index (κ1) is 22.8. The standard InChI is InChI=1S/C25H29N3O5S/c1-25(21-12-6-8-17-7-2-5-11-20(17)21)23(30)27(24(31)26-25)15-22(29)28(18-9-3-4-10-18)19-13-14-34(32,33)16-19/h2,5-8,11-12,18-19H,3-4,9-10,13-16H2,1H3,(H,26,31)/t19-,25-/m0/s1. The summed E-state index contributed by atoms with van der Waals surface area (Å²) in [6.45, 7) is 1.27. The van der Waals surface area contributed by atoms with Gasteiger partial charge < -0.3 is 10.2 Å². The molecule has 4 amide bonds. The highest BCUT2D eigenvalue weighted by atomic mass is 32.2. The van der Waals surface area contributed by atoms with E-state index >= 15 is 0 Å². The van der Waals surface area contributed by atoms with Crippen LogP contribution in [0.2, 0.25) is 0 Å². The summed E-state index contributed by atoms with van der Waals surface area (Å²) in [7, 11) is -3.18. The van der Waals surface area contributed by atoms with Crippen molar-refractivity contribution < 1.29 is 22.8 Å². The SMILES string of the molecule is C[C@@]1(c2cccc3ccccc23)NC(=O)N(CC(=O)N(C2CCCC2)[C@H]2CCS(=O)(=O)C2)C1=O. The first-order valence-electron chi connectivity index (χ1n) is 11.8. The summed E-state index contributed by atoms with van der Waals surface area (Å²) < 4.78 is 24.2. The van der Waals surface area contributed by atoms with Crippen LogP contribution in [0.5, 0.6) is 0 Å². The minimum atomic E-state index is -3.18. The van der Waals surface area contributed by atoms with Gasteiger partial charge in [0.1, 0.15) is 12.1 Å². The van der Waals surface area contributed by atoms with Crippen LogP contribution in [0.25, 0.3) is 10.8 Å². The van der Waals surface area contributed by atoms with Crippen LogP contribution in [-0.2, 0) is 25.0 Å². The van der Waals surface area contributed by atoms with E-state index in [1.807, 2.05) is 42.5 Å². The molecule has 2 aliphatic heterocycles. The molecule has 3 aliphatic rings. The van der Waals surface area contributed by atoms with Crippen molar-refractivity contribution in [3.05, 3.63) is 48.0 Å². The van der Waals surface area contributed by atoms with Crippen molar-refractivity contribution in [2.24, 2.45) is 0 Å². The van der Waals surface area contributed by atoms with Crippen LogP contribution in [0.15, 0.2) is 42.5 Å². The van der Waals surface area contributed by atoms with Crippen LogP contribution in [0.3, 0.4) is 0 Å². The van der Waals surface area contributed by atoms with Crippen molar-refractivity contribution in [1.29, 1.82) is 0 Å². The van der Waals surface area contributed by atoms with E-state index in [-0.39, 0.29) is 23.5 Å². The summed E-state index contributed by atoms with van der Waals surface area (Å²) in [6, 6.07) is 12.2. The Hall–Kier alpha value is -2.94.